The highest BCUT2D eigenvalue weighted by Gasteiger charge is 2.46. The van der Waals surface area contributed by atoms with E-state index in [9.17, 15) is 4.79 Å². The molecule has 21 heavy (non-hydrogen) atoms. The minimum absolute atomic E-state index is 0.248. The molecule has 2 aliphatic rings. The van der Waals surface area contributed by atoms with Crippen LogP contribution in [0.1, 0.15) is 23.2 Å². The van der Waals surface area contributed by atoms with Crippen LogP contribution < -0.4 is 10.6 Å². The van der Waals surface area contributed by atoms with Crippen molar-refractivity contribution in [2.45, 2.75) is 12.8 Å². The molecule has 1 radical (unpaired) electrons. The summed E-state index contributed by atoms with van der Waals surface area (Å²) in [7, 11) is 0. The van der Waals surface area contributed by atoms with Crippen LogP contribution in [0.15, 0.2) is 16.5 Å². The molecule has 0 unspecified atom stereocenters. The maximum absolute atomic E-state index is 11.4. The van der Waals surface area contributed by atoms with E-state index in [2.05, 4.69) is 16.0 Å². The first-order valence-corrected chi connectivity index (χ1v) is 7.11. The number of anilines is 1. The number of nitrogens with two attached hydrogens (primary N) is 1. The minimum Gasteiger partial charge on any atom is -0.423 e. The second kappa shape index (κ2) is 4.46. The molecule has 1 spiro atoms. The fourth-order valence-electron chi connectivity index (χ4n) is 3.26. The zero-order valence-electron chi connectivity index (χ0n) is 11.6. The molecule has 2 N–H and O–H groups in total. The lowest BCUT2D eigenvalue weighted by Gasteiger charge is -2.51. The van der Waals surface area contributed by atoms with E-state index in [-0.39, 0.29) is 11.0 Å². The van der Waals surface area contributed by atoms with Crippen LogP contribution in [0.25, 0.3) is 11.1 Å². The summed E-state index contributed by atoms with van der Waals surface area (Å²) in [6.45, 7) is 3.44. The number of hydrogen-bond donors (Lipinski definition) is 1. The topological polar surface area (TPSA) is 81.6 Å². The van der Waals surface area contributed by atoms with E-state index in [0.29, 0.717) is 17.1 Å². The van der Waals surface area contributed by atoms with Gasteiger partial charge in [0.25, 0.3) is 11.9 Å². The summed E-state index contributed by atoms with van der Waals surface area (Å²) in [5.74, 6) is -0.541. The van der Waals surface area contributed by atoms with Crippen LogP contribution in [0.3, 0.4) is 0 Å². The molecule has 109 valence electrons. The van der Waals surface area contributed by atoms with E-state index < -0.39 is 5.91 Å². The predicted molar refractivity (Wildman–Crippen MR) is 76.1 cm³/mol. The molecule has 3 heterocycles. The highest BCUT2D eigenvalue weighted by atomic mass is 16.5. The number of oxazole rings is 1. The Morgan fingerprint density at radius 1 is 1.48 bits per heavy atom. The van der Waals surface area contributed by atoms with Gasteiger partial charge in [-0.1, -0.05) is 0 Å². The second-order valence-corrected chi connectivity index (χ2v) is 5.94. The van der Waals surface area contributed by atoms with E-state index in [1.807, 2.05) is 0 Å². The molecule has 4 rings (SSSR count). The normalized spacial score (nSPS) is 20.7. The van der Waals surface area contributed by atoms with Crippen molar-refractivity contribution in [1.82, 2.24) is 4.98 Å². The quantitative estimate of drug-likeness (QED) is 0.901. The number of primary amides is 1. The van der Waals surface area contributed by atoms with Crippen LogP contribution in [0, 0.1) is 11.5 Å². The molecule has 0 aliphatic carbocycles. The maximum Gasteiger partial charge on any atom is 0.298 e. The van der Waals surface area contributed by atoms with E-state index in [1.54, 1.807) is 12.1 Å². The predicted octanol–water partition coefficient (Wildman–Crippen LogP) is 1.34. The Morgan fingerprint density at radius 3 is 3.05 bits per heavy atom. The third kappa shape index (κ3) is 1.98. The fraction of sp³-hybridized carbons (Fsp3) is 0.467. The van der Waals surface area contributed by atoms with Crippen LogP contribution in [-0.4, -0.2) is 37.2 Å². The Bertz CT molecular complexity index is 695. The molecule has 1 aromatic carbocycles. The first-order valence-electron chi connectivity index (χ1n) is 7.11. The molecular formula is C15H16N3O3. The summed E-state index contributed by atoms with van der Waals surface area (Å²) in [5.41, 5.74) is 6.92. The molecule has 1 amide bonds. The number of ether oxygens (including phenoxy) is 1. The van der Waals surface area contributed by atoms with Crippen LogP contribution in [-0.2, 0) is 4.74 Å². The van der Waals surface area contributed by atoms with Gasteiger partial charge < -0.3 is 19.8 Å². The third-order valence-corrected chi connectivity index (χ3v) is 4.31. The molecule has 6 nitrogen and oxygen atoms in total. The molecular weight excluding hydrogens is 270 g/mol. The van der Waals surface area contributed by atoms with Gasteiger partial charge >= 0.3 is 0 Å². The highest BCUT2D eigenvalue weighted by molar-refractivity contribution is 6.03. The van der Waals surface area contributed by atoms with Crippen molar-refractivity contribution >= 4 is 23.0 Å². The van der Waals surface area contributed by atoms with E-state index in [0.717, 1.165) is 32.7 Å². The first kappa shape index (κ1) is 12.6. The summed E-state index contributed by atoms with van der Waals surface area (Å²) in [4.78, 5) is 17.9. The summed E-state index contributed by atoms with van der Waals surface area (Å²) in [5, 5.41) is 0. The van der Waals surface area contributed by atoms with Crippen molar-refractivity contribution in [3.8, 4) is 0 Å². The Balaban J connectivity index is 1.61. The number of aromatic nitrogens is 1. The molecule has 6 heteroatoms. The number of nitrogens with zero attached hydrogens (tertiary/aromatic N) is 2. The molecule has 2 aromatic rings. The molecule has 0 saturated carbocycles. The molecule has 2 saturated heterocycles. The number of rotatable bonds is 2. The van der Waals surface area contributed by atoms with Gasteiger partial charge in [-0.2, -0.15) is 4.98 Å². The SMILES string of the molecule is NC(=O)c1[c]ccc2oc(N3CC4(CCCOC4)C3)nc12. The van der Waals surface area contributed by atoms with E-state index >= 15 is 0 Å². The van der Waals surface area contributed by atoms with Gasteiger partial charge in [0.1, 0.15) is 5.52 Å². The molecule has 0 bridgehead atoms. The number of fused-ring (bicyclic) bond motifs is 1. The summed E-state index contributed by atoms with van der Waals surface area (Å²) < 4.78 is 11.3. The van der Waals surface area contributed by atoms with Gasteiger partial charge in [0, 0.05) is 25.1 Å². The van der Waals surface area contributed by atoms with Crippen LogP contribution >= 0.6 is 0 Å². The van der Waals surface area contributed by atoms with Crippen molar-refractivity contribution in [3.05, 3.63) is 23.8 Å². The van der Waals surface area contributed by atoms with Crippen molar-refractivity contribution in [2.75, 3.05) is 31.2 Å². The Labute approximate surface area is 121 Å². The van der Waals surface area contributed by atoms with Crippen LogP contribution in [0.5, 0.6) is 0 Å². The van der Waals surface area contributed by atoms with Crippen molar-refractivity contribution in [3.63, 3.8) is 0 Å². The van der Waals surface area contributed by atoms with Crippen molar-refractivity contribution < 1.29 is 13.9 Å². The van der Waals surface area contributed by atoms with Gasteiger partial charge in [0.05, 0.1) is 12.2 Å². The Kier molecular flexibility index (Phi) is 2.68. The molecule has 0 atom stereocenters. The molecule has 2 fully saturated rings. The number of hydrogen-bond acceptors (Lipinski definition) is 5. The number of carbonyl (C=O) groups excluding carboxylic acids is 1. The Hall–Kier alpha value is -2.08. The molecule has 2 aliphatic heterocycles. The van der Waals surface area contributed by atoms with Crippen LogP contribution in [0.2, 0.25) is 0 Å². The lowest BCUT2D eigenvalue weighted by Crippen LogP contribution is -2.60. The van der Waals surface area contributed by atoms with Gasteiger partial charge in [-0.05, 0) is 31.0 Å². The maximum atomic E-state index is 11.4. The Morgan fingerprint density at radius 2 is 2.33 bits per heavy atom. The smallest absolute Gasteiger partial charge is 0.298 e. The monoisotopic (exact) mass is 286 g/mol. The molecule has 1 aromatic heterocycles. The van der Waals surface area contributed by atoms with Crippen molar-refractivity contribution in [1.29, 1.82) is 0 Å². The minimum atomic E-state index is -0.541. The number of benzene rings is 1. The second-order valence-electron chi connectivity index (χ2n) is 5.94. The zero-order valence-corrected chi connectivity index (χ0v) is 11.6. The average molecular weight is 286 g/mol. The van der Waals surface area contributed by atoms with Crippen molar-refractivity contribution in [2.24, 2.45) is 11.1 Å². The standard InChI is InChI=1S/C15H16N3O3/c16-13(19)10-3-1-4-11-12(10)17-14(21-11)18-7-15(8-18)5-2-6-20-9-15/h1,4H,2,5-9H2,(H2,16,19). The first-order chi connectivity index (χ1) is 10.2. The largest absolute Gasteiger partial charge is 0.423 e. The lowest BCUT2D eigenvalue weighted by atomic mass is 9.76. The van der Waals surface area contributed by atoms with E-state index in [4.69, 9.17) is 14.9 Å². The average Bonchev–Trinajstić information content (AvgIpc) is 2.88. The van der Waals surface area contributed by atoms with E-state index in [1.165, 1.54) is 6.42 Å². The zero-order chi connectivity index (χ0) is 14.4. The fourth-order valence-corrected chi connectivity index (χ4v) is 3.26. The summed E-state index contributed by atoms with van der Waals surface area (Å²) >= 11 is 0. The van der Waals surface area contributed by atoms with Gasteiger partial charge in [-0.25, -0.2) is 0 Å². The van der Waals surface area contributed by atoms with Gasteiger partial charge in [0.15, 0.2) is 5.58 Å². The highest BCUT2D eigenvalue weighted by Crippen LogP contribution is 2.41. The van der Waals surface area contributed by atoms with Gasteiger partial charge in [-0.15, -0.1) is 0 Å². The van der Waals surface area contributed by atoms with Gasteiger partial charge in [0.2, 0.25) is 0 Å². The lowest BCUT2D eigenvalue weighted by molar-refractivity contribution is -0.0249. The third-order valence-electron chi connectivity index (χ3n) is 4.31. The number of amides is 1. The number of carbonyl (C=O) groups is 1. The van der Waals surface area contributed by atoms with Crippen LogP contribution in [0.4, 0.5) is 6.01 Å². The summed E-state index contributed by atoms with van der Waals surface area (Å²) in [6, 6.07) is 6.74. The summed E-state index contributed by atoms with van der Waals surface area (Å²) in [6.07, 6.45) is 2.30. The van der Waals surface area contributed by atoms with Gasteiger partial charge in [-0.3, -0.25) is 4.79 Å².